The van der Waals surface area contributed by atoms with Crippen molar-refractivity contribution < 1.29 is 14.3 Å². The monoisotopic (exact) mass is 215 g/mol. The predicted molar refractivity (Wildman–Crippen MR) is 58.8 cm³/mol. The molecule has 0 aliphatic heterocycles. The number of aldehydes is 1. The minimum absolute atomic E-state index is 0.309. The molecule has 0 rings (SSSR count). The van der Waals surface area contributed by atoms with Gasteiger partial charge in [-0.3, -0.25) is 0 Å². The van der Waals surface area contributed by atoms with Crippen LogP contribution in [0.15, 0.2) is 0 Å². The number of rotatable bonds is 5. The highest BCUT2D eigenvalue weighted by Crippen LogP contribution is 2.10. The third kappa shape index (κ3) is 6.94. The van der Waals surface area contributed by atoms with Gasteiger partial charge in [0.1, 0.15) is 11.9 Å². The molecular formula is C11H21NO3. The topological polar surface area (TPSA) is 46.6 Å². The lowest BCUT2D eigenvalue weighted by molar-refractivity contribution is -0.108. The first-order valence-corrected chi connectivity index (χ1v) is 5.32. The summed E-state index contributed by atoms with van der Waals surface area (Å²) < 4.78 is 5.22. The second kappa shape index (κ2) is 6.43. The summed E-state index contributed by atoms with van der Waals surface area (Å²) in [7, 11) is 0. The zero-order valence-electron chi connectivity index (χ0n) is 10.1. The standard InChI is InChI=1S/C11H21NO3/c1-5-12(8-6-7-9-13)10(14)15-11(2,3)4/h9H,5-8H2,1-4H3. The molecule has 0 unspecified atom stereocenters. The number of amides is 1. The molecule has 0 bridgehead atoms. The summed E-state index contributed by atoms with van der Waals surface area (Å²) in [5.74, 6) is 0. The number of hydrogen-bond acceptors (Lipinski definition) is 3. The third-order valence-corrected chi connectivity index (χ3v) is 1.78. The Kier molecular flexibility index (Phi) is 5.97. The van der Waals surface area contributed by atoms with Crippen LogP contribution in [0, 0.1) is 0 Å². The molecule has 0 aliphatic rings. The van der Waals surface area contributed by atoms with Gasteiger partial charge < -0.3 is 14.4 Å². The highest BCUT2D eigenvalue weighted by Gasteiger charge is 2.20. The number of nitrogens with zero attached hydrogens (tertiary/aromatic N) is 1. The van der Waals surface area contributed by atoms with E-state index in [-0.39, 0.29) is 6.09 Å². The van der Waals surface area contributed by atoms with Crippen LogP contribution in [0.4, 0.5) is 4.79 Å². The minimum Gasteiger partial charge on any atom is -0.444 e. The van der Waals surface area contributed by atoms with Gasteiger partial charge in [-0.15, -0.1) is 0 Å². The molecule has 0 saturated carbocycles. The van der Waals surface area contributed by atoms with Gasteiger partial charge in [-0.05, 0) is 34.1 Å². The van der Waals surface area contributed by atoms with Gasteiger partial charge in [-0.1, -0.05) is 0 Å². The number of carbonyl (C=O) groups excluding carboxylic acids is 2. The van der Waals surface area contributed by atoms with E-state index in [1.165, 1.54) is 0 Å². The first kappa shape index (κ1) is 13.9. The van der Waals surface area contributed by atoms with Crippen LogP contribution in [0.5, 0.6) is 0 Å². The van der Waals surface area contributed by atoms with Crippen molar-refractivity contribution in [2.45, 2.75) is 46.1 Å². The summed E-state index contributed by atoms with van der Waals surface area (Å²) >= 11 is 0. The van der Waals surface area contributed by atoms with E-state index in [1.54, 1.807) is 4.90 Å². The Balaban J connectivity index is 4.04. The summed E-state index contributed by atoms with van der Waals surface area (Å²) in [5.41, 5.74) is -0.463. The maximum atomic E-state index is 11.6. The molecule has 4 heteroatoms. The number of hydrogen-bond donors (Lipinski definition) is 0. The fourth-order valence-electron chi connectivity index (χ4n) is 1.07. The Hall–Kier alpha value is -1.06. The molecule has 15 heavy (non-hydrogen) atoms. The minimum atomic E-state index is -0.463. The van der Waals surface area contributed by atoms with E-state index < -0.39 is 5.60 Å². The largest absolute Gasteiger partial charge is 0.444 e. The summed E-state index contributed by atoms with van der Waals surface area (Å²) in [5, 5.41) is 0. The lowest BCUT2D eigenvalue weighted by Crippen LogP contribution is -2.37. The summed E-state index contributed by atoms with van der Waals surface area (Å²) in [4.78, 5) is 23.3. The van der Waals surface area contributed by atoms with Gasteiger partial charge in [-0.25, -0.2) is 4.79 Å². The molecule has 4 nitrogen and oxygen atoms in total. The predicted octanol–water partition coefficient (Wildman–Crippen LogP) is 2.22. The maximum Gasteiger partial charge on any atom is 0.410 e. The molecule has 0 aromatic rings. The van der Waals surface area contributed by atoms with Crippen LogP contribution in [0.25, 0.3) is 0 Å². The van der Waals surface area contributed by atoms with Crippen molar-refractivity contribution in [3.05, 3.63) is 0 Å². The molecule has 0 fully saturated rings. The van der Waals surface area contributed by atoms with Crippen molar-refractivity contribution >= 4 is 12.4 Å². The van der Waals surface area contributed by atoms with Gasteiger partial charge in [-0.2, -0.15) is 0 Å². The van der Waals surface area contributed by atoms with Gasteiger partial charge in [0.05, 0.1) is 0 Å². The average Bonchev–Trinajstić information content (AvgIpc) is 2.09. The SMILES string of the molecule is CCN(CCCC=O)C(=O)OC(C)(C)C. The quantitative estimate of drug-likeness (QED) is 0.522. The first-order valence-electron chi connectivity index (χ1n) is 5.32. The van der Waals surface area contributed by atoms with Crippen molar-refractivity contribution in [3.8, 4) is 0 Å². The van der Waals surface area contributed by atoms with E-state index in [4.69, 9.17) is 4.74 Å². The Morgan fingerprint density at radius 3 is 2.40 bits per heavy atom. The number of carbonyl (C=O) groups is 2. The fraction of sp³-hybridized carbons (Fsp3) is 0.818. The second-order valence-electron chi connectivity index (χ2n) is 4.37. The molecule has 0 N–H and O–H groups in total. The Morgan fingerprint density at radius 2 is 2.00 bits per heavy atom. The van der Waals surface area contributed by atoms with Crippen molar-refractivity contribution in [1.29, 1.82) is 0 Å². The van der Waals surface area contributed by atoms with Gasteiger partial charge in [0, 0.05) is 19.5 Å². The van der Waals surface area contributed by atoms with Crippen molar-refractivity contribution in [2.75, 3.05) is 13.1 Å². The highest BCUT2D eigenvalue weighted by molar-refractivity contribution is 5.68. The molecule has 0 heterocycles. The van der Waals surface area contributed by atoms with Crippen LogP contribution >= 0.6 is 0 Å². The van der Waals surface area contributed by atoms with E-state index in [2.05, 4.69) is 0 Å². The molecule has 0 aromatic heterocycles. The Bertz CT molecular complexity index is 208. The molecule has 0 spiro atoms. The van der Waals surface area contributed by atoms with E-state index in [0.717, 1.165) is 6.29 Å². The van der Waals surface area contributed by atoms with Crippen molar-refractivity contribution in [3.63, 3.8) is 0 Å². The molecule has 0 saturated heterocycles. The molecule has 0 aliphatic carbocycles. The Labute approximate surface area is 91.6 Å². The van der Waals surface area contributed by atoms with E-state index in [9.17, 15) is 9.59 Å². The highest BCUT2D eigenvalue weighted by atomic mass is 16.6. The maximum absolute atomic E-state index is 11.6. The van der Waals surface area contributed by atoms with Crippen molar-refractivity contribution in [2.24, 2.45) is 0 Å². The van der Waals surface area contributed by atoms with Gasteiger partial charge in [0.15, 0.2) is 0 Å². The first-order chi connectivity index (χ1) is 6.90. The van der Waals surface area contributed by atoms with Gasteiger partial charge >= 0.3 is 6.09 Å². The van der Waals surface area contributed by atoms with Crippen LogP contribution in [0.3, 0.4) is 0 Å². The number of ether oxygens (including phenoxy) is 1. The van der Waals surface area contributed by atoms with Crippen LogP contribution < -0.4 is 0 Å². The van der Waals surface area contributed by atoms with Gasteiger partial charge in [0.25, 0.3) is 0 Å². The third-order valence-electron chi connectivity index (χ3n) is 1.78. The van der Waals surface area contributed by atoms with Gasteiger partial charge in [0.2, 0.25) is 0 Å². The average molecular weight is 215 g/mol. The van der Waals surface area contributed by atoms with Crippen LogP contribution in [-0.4, -0.2) is 36.0 Å². The normalized spacial score (nSPS) is 10.9. The number of unbranched alkanes of at least 4 members (excludes halogenated alkanes) is 1. The smallest absolute Gasteiger partial charge is 0.410 e. The van der Waals surface area contributed by atoms with Crippen LogP contribution in [0.1, 0.15) is 40.5 Å². The summed E-state index contributed by atoms with van der Waals surface area (Å²) in [6, 6.07) is 0. The molecule has 0 radical (unpaired) electrons. The summed E-state index contributed by atoms with van der Waals surface area (Å²) in [6.45, 7) is 8.58. The van der Waals surface area contributed by atoms with Crippen LogP contribution in [0.2, 0.25) is 0 Å². The molecule has 88 valence electrons. The zero-order valence-corrected chi connectivity index (χ0v) is 10.1. The molecule has 0 aromatic carbocycles. The van der Waals surface area contributed by atoms with Crippen molar-refractivity contribution in [1.82, 2.24) is 4.90 Å². The second-order valence-corrected chi connectivity index (χ2v) is 4.37. The fourth-order valence-corrected chi connectivity index (χ4v) is 1.07. The zero-order chi connectivity index (χ0) is 11.9. The van der Waals surface area contributed by atoms with E-state index in [0.29, 0.717) is 25.9 Å². The van der Waals surface area contributed by atoms with Crippen LogP contribution in [-0.2, 0) is 9.53 Å². The lowest BCUT2D eigenvalue weighted by Gasteiger charge is -2.26. The van der Waals surface area contributed by atoms with E-state index in [1.807, 2.05) is 27.7 Å². The molecule has 1 amide bonds. The summed E-state index contributed by atoms with van der Waals surface area (Å²) in [6.07, 6.45) is 1.73. The molecule has 0 atom stereocenters. The molecular weight excluding hydrogens is 194 g/mol. The van der Waals surface area contributed by atoms with E-state index >= 15 is 0 Å². The lowest BCUT2D eigenvalue weighted by atomic mass is 10.2. The Morgan fingerprint density at radius 1 is 1.40 bits per heavy atom.